The Bertz CT molecular complexity index is 823. The van der Waals surface area contributed by atoms with E-state index in [2.05, 4.69) is 18.9 Å². The molecule has 2 rings (SSSR count). The number of unbranched alkanes of at least 4 members (excludes halogenated alkanes) is 5. The summed E-state index contributed by atoms with van der Waals surface area (Å²) in [5.41, 5.74) is -0.117. The van der Waals surface area contributed by atoms with Gasteiger partial charge in [0.25, 0.3) is 5.69 Å². The molecule has 0 unspecified atom stereocenters. The van der Waals surface area contributed by atoms with Crippen LogP contribution in [0.2, 0.25) is 0 Å². The van der Waals surface area contributed by atoms with Crippen LogP contribution in [0.4, 0.5) is 5.69 Å². The van der Waals surface area contributed by atoms with Gasteiger partial charge in [0.1, 0.15) is 0 Å². The van der Waals surface area contributed by atoms with Crippen molar-refractivity contribution in [2.45, 2.75) is 94.6 Å². The molecule has 34 heavy (non-hydrogen) atoms. The molecular weight excluding hydrogens is 454 g/mol. The molecule has 194 valence electrons. The van der Waals surface area contributed by atoms with Crippen molar-refractivity contribution in [2.75, 3.05) is 33.8 Å². The predicted octanol–water partition coefficient (Wildman–Crippen LogP) is 5.23. The van der Waals surface area contributed by atoms with Crippen LogP contribution >= 0.6 is 0 Å². The van der Waals surface area contributed by atoms with Gasteiger partial charge in [-0.3, -0.25) is 10.1 Å². The SMILES string of the molecule is CCCCCN(C)CCCCCCO[C@H]1CC[C@H](N(C)S(=O)(=O)c2ccc([N+](=O)[O-])cc2)CC1. The summed E-state index contributed by atoms with van der Waals surface area (Å²) in [5.74, 6) is 0. The van der Waals surface area contributed by atoms with E-state index in [4.69, 9.17) is 4.74 Å². The van der Waals surface area contributed by atoms with E-state index in [1.54, 1.807) is 7.05 Å². The van der Waals surface area contributed by atoms with E-state index >= 15 is 0 Å². The second-order valence-electron chi connectivity index (χ2n) is 9.50. The quantitative estimate of drug-likeness (QED) is 0.176. The van der Waals surface area contributed by atoms with Gasteiger partial charge in [-0.15, -0.1) is 0 Å². The van der Waals surface area contributed by atoms with Gasteiger partial charge in [0.15, 0.2) is 0 Å². The second kappa shape index (κ2) is 14.8. The van der Waals surface area contributed by atoms with Crippen LogP contribution < -0.4 is 0 Å². The average molecular weight is 498 g/mol. The molecule has 9 heteroatoms. The first-order valence-electron chi connectivity index (χ1n) is 12.8. The number of sulfonamides is 1. The fourth-order valence-corrected chi connectivity index (χ4v) is 5.92. The predicted molar refractivity (Wildman–Crippen MR) is 136 cm³/mol. The van der Waals surface area contributed by atoms with Crippen molar-refractivity contribution >= 4 is 15.7 Å². The Labute approximate surface area is 205 Å². The molecule has 1 aromatic carbocycles. The number of hydrogen-bond acceptors (Lipinski definition) is 6. The van der Waals surface area contributed by atoms with Crippen LogP contribution in [0.5, 0.6) is 0 Å². The molecule has 8 nitrogen and oxygen atoms in total. The third-order valence-electron chi connectivity index (χ3n) is 6.81. The molecule has 0 amide bonds. The van der Waals surface area contributed by atoms with Gasteiger partial charge in [0, 0.05) is 31.8 Å². The maximum Gasteiger partial charge on any atom is 0.269 e. The maximum absolute atomic E-state index is 12.9. The topological polar surface area (TPSA) is 93.0 Å². The van der Waals surface area contributed by atoms with Crippen LogP contribution in [0, 0.1) is 10.1 Å². The van der Waals surface area contributed by atoms with Gasteiger partial charge < -0.3 is 9.64 Å². The molecule has 1 aromatic rings. The van der Waals surface area contributed by atoms with Gasteiger partial charge in [-0.2, -0.15) is 4.31 Å². The zero-order valence-corrected chi connectivity index (χ0v) is 22.0. The molecule has 1 fully saturated rings. The summed E-state index contributed by atoms with van der Waals surface area (Å²) in [6, 6.07) is 5.01. The van der Waals surface area contributed by atoms with Gasteiger partial charge in [-0.05, 0) is 77.2 Å². The van der Waals surface area contributed by atoms with E-state index in [0.29, 0.717) is 0 Å². The largest absolute Gasteiger partial charge is 0.378 e. The molecule has 0 radical (unpaired) electrons. The minimum Gasteiger partial charge on any atom is -0.378 e. The number of ether oxygens (including phenoxy) is 1. The lowest BCUT2D eigenvalue weighted by Crippen LogP contribution is -2.40. The monoisotopic (exact) mass is 497 g/mol. The van der Waals surface area contributed by atoms with Crippen LogP contribution in [0.3, 0.4) is 0 Å². The number of nitro benzene ring substituents is 1. The second-order valence-corrected chi connectivity index (χ2v) is 11.5. The summed E-state index contributed by atoms with van der Waals surface area (Å²) < 4.78 is 33.3. The highest BCUT2D eigenvalue weighted by molar-refractivity contribution is 7.89. The van der Waals surface area contributed by atoms with E-state index in [0.717, 1.165) is 38.7 Å². The Balaban J connectivity index is 1.62. The maximum atomic E-state index is 12.9. The third-order valence-corrected chi connectivity index (χ3v) is 8.74. The molecule has 1 aliphatic rings. The summed E-state index contributed by atoms with van der Waals surface area (Å²) in [6.07, 6.45) is 12.1. The molecule has 0 heterocycles. The molecule has 1 saturated carbocycles. The van der Waals surface area contributed by atoms with Crippen molar-refractivity contribution in [3.63, 3.8) is 0 Å². The highest BCUT2D eigenvalue weighted by atomic mass is 32.2. The Morgan fingerprint density at radius 2 is 1.53 bits per heavy atom. The summed E-state index contributed by atoms with van der Waals surface area (Å²) in [5, 5.41) is 10.8. The minimum absolute atomic E-state index is 0.0747. The van der Waals surface area contributed by atoms with Crippen molar-refractivity contribution in [3.8, 4) is 0 Å². The lowest BCUT2D eigenvalue weighted by Gasteiger charge is -2.34. The lowest BCUT2D eigenvalue weighted by atomic mass is 9.93. The van der Waals surface area contributed by atoms with E-state index < -0.39 is 14.9 Å². The van der Waals surface area contributed by atoms with Crippen molar-refractivity contribution in [2.24, 2.45) is 0 Å². The summed E-state index contributed by atoms with van der Waals surface area (Å²) in [4.78, 5) is 12.8. The fourth-order valence-electron chi connectivity index (χ4n) is 4.51. The first kappa shape index (κ1) is 28.7. The number of nitrogens with zero attached hydrogens (tertiary/aromatic N) is 3. The number of hydrogen-bond donors (Lipinski definition) is 0. The third kappa shape index (κ3) is 9.24. The van der Waals surface area contributed by atoms with Gasteiger partial charge in [0.2, 0.25) is 10.0 Å². The normalized spacial score (nSPS) is 19.1. The summed E-state index contributed by atoms with van der Waals surface area (Å²) >= 11 is 0. The van der Waals surface area contributed by atoms with Crippen LogP contribution in [0.1, 0.15) is 77.6 Å². The molecule has 0 saturated heterocycles. The fraction of sp³-hybridized carbons (Fsp3) is 0.760. The molecule has 0 N–H and O–H groups in total. The van der Waals surface area contributed by atoms with Crippen molar-refractivity contribution < 1.29 is 18.1 Å². The average Bonchev–Trinajstić information content (AvgIpc) is 2.83. The minimum atomic E-state index is -3.67. The number of non-ortho nitro benzene ring substituents is 1. The zero-order chi connectivity index (χ0) is 25.0. The molecule has 0 aromatic heterocycles. The van der Waals surface area contributed by atoms with E-state index in [1.807, 2.05) is 0 Å². The Kier molecular flexibility index (Phi) is 12.5. The molecule has 0 aliphatic heterocycles. The summed E-state index contributed by atoms with van der Waals surface area (Å²) in [7, 11) is 0.138. The molecule has 0 atom stereocenters. The first-order valence-corrected chi connectivity index (χ1v) is 14.2. The molecule has 0 bridgehead atoms. The molecule has 0 spiro atoms. The highest BCUT2D eigenvalue weighted by Gasteiger charge is 2.32. The van der Waals surface area contributed by atoms with Gasteiger partial charge >= 0.3 is 0 Å². The number of rotatable bonds is 16. The highest BCUT2D eigenvalue weighted by Crippen LogP contribution is 2.29. The zero-order valence-electron chi connectivity index (χ0n) is 21.2. The first-order chi connectivity index (χ1) is 16.3. The van der Waals surface area contributed by atoms with Gasteiger partial charge in [-0.25, -0.2) is 8.42 Å². The van der Waals surface area contributed by atoms with Gasteiger partial charge in [0.05, 0.1) is 15.9 Å². The Hall–Kier alpha value is -1.55. The van der Waals surface area contributed by atoms with Crippen molar-refractivity contribution in [1.82, 2.24) is 9.21 Å². The lowest BCUT2D eigenvalue weighted by molar-refractivity contribution is -0.384. The number of benzene rings is 1. The standard InChI is InChI=1S/C25H43N3O5S/c1-4-5-8-19-26(2)20-9-6-7-10-21-33-24-15-11-22(12-16-24)27(3)34(31,32)25-17-13-23(14-18-25)28(29)30/h13-14,17-18,22,24H,4-12,15-16,19-21H2,1-3H3/t22-,24-. The van der Waals surface area contributed by atoms with E-state index in [9.17, 15) is 18.5 Å². The van der Waals surface area contributed by atoms with Crippen LogP contribution in [-0.2, 0) is 14.8 Å². The molecular formula is C25H43N3O5S. The van der Waals surface area contributed by atoms with Crippen molar-refractivity contribution in [1.29, 1.82) is 0 Å². The molecule has 1 aliphatic carbocycles. The van der Waals surface area contributed by atoms with Crippen LogP contribution in [0.25, 0.3) is 0 Å². The summed E-state index contributed by atoms with van der Waals surface area (Å²) in [6.45, 7) is 5.38. The number of nitro groups is 1. The van der Waals surface area contributed by atoms with Gasteiger partial charge in [-0.1, -0.05) is 32.6 Å². The van der Waals surface area contributed by atoms with Crippen LogP contribution in [-0.4, -0.2) is 68.5 Å². The Morgan fingerprint density at radius 3 is 2.12 bits per heavy atom. The van der Waals surface area contributed by atoms with E-state index in [1.165, 1.54) is 80.2 Å². The van der Waals surface area contributed by atoms with Crippen LogP contribution in [0.15, 0.2) is 29.2 Å². The van der Waals surface area contributed by atoms with Crippen molar-refractivity contribution in [3.05, 3.63) is 34.4 Å². The van der Waals surface area contributed by atoms with E-state index in [-0.39, 0.29) is 22.7 Å². The Morgan fingerprint density at radius 1 is 0.941 bits per heavy atom. The smallest absolute Gasteiger partial charge is 0.269 e.